The Balaban J connectivity index is 1.86. The smallest absolute Gasteiger partial charge is 0.239 e. The van der Waals surface area contributed by atoms with Gasteiger partial charge < -0.3 is 44.0 Å². The van der Waals surface area contributed by atoms with Crippen molar-refractivity contribution in [3.8, 4) is 11.5 Å². The lowest BCUT2D eigenvalue weighted by atomic mass is 9.55. The molecule has 0 unspecified atom stereocenters. The number of unbranched alkanes of at least 4 members (excludes halogenated alkanes) is 10. The lowest BCUT2D eigenvalue weighted by Gasteiger charge is -2.60. The van der Waals surface area contributed by atoms with E-state index < -0.39 is 17.7 Å². The van der Waals surface area contributed by atoms with Gasteiger partial charge in [-0.05, 0) is 74.6 Å². The van der Waals surface area contributed by atoms with Crippen LogP contribution in [-0.4, -0.2) is 103 Å². The van der Waals surface area contributed by atoms with E-state index in [0.29, 0.717) is 50.4 Å². The second-order valence-corrected chi connectivity index (χ2v) is 16.3. The van der Waals surface area contributed by atoms with Crippen LogP contribution in [-0.2, 0) is 19.1 Å². The van der Waals surface area contributed by atoms with Gasteiger partial charge in [0.05, 0.1) is 38.1 Å². The van der Waals surface area contributed by atoms with E-state index in [4.69, 9.17) is 28.9 Å². The quantitative estimate of drug-likeness (QED) is 0.0370. The minimum atomic E-state index is -1.33. The number of carbonyl (C=O) groups excluding carboxylic acids is 1. The minimum absolute atomic E-state index is 0.00613. The summed E-state index contributed by atoms with van der Waals surface area (Å²) in [4.78, 5) is 22.5. The molecule has 1 aromatic rings. The maximum Gasteiger partial charge on any atom is 0.239 e. The molecule has 59 heavy (non-hydrogen) atoms. The van der Waals surface area contributed by atoms with Crippen LogP contribution in [0.2, 0.25) is 0 Å². The highest BCUT2D eigenvalue weighted by Gasteiger charge is 2.65. The summed E-state index contributed by atoms with van der Waals surface area (Å²) < 4.78 is 26.3. The second-order valence-electron chi connectivity index (χ2n) is 16.3. The average molecular weight is 825 g/mol. The summed E-state index contributed by atoms with van der Waals surface area (Å²) in [6.45, 7) is 13.8. The first-order chi connectivity index (χ1) is 28.9. The predicted octanol–water partition coefficient (Wildman–Crippen LogP) is 8.66. The van der Waals surface area contributed by atoms with E-state index in [9.17, 15) is 20.1 Å². The Hall–Kier alpha value is -3.22. The Labute approximate surface area is 354 Å². The van der Waals surface area contributed by atoms with Gasteiger partial charge in [-0.2, -0.15) is 0 Å². The molecule has 332 valence electrons. The Morgan fingerprint density at radius 2 is 1.61 bits per heavy atom. The van der Waals surface area contributed by atoms with Crippen molar-refractivity contribution < 1.29 is 43.9 Å². The molecule has 0 saturated heterocycles. The zero-order valence-corrected chi connectivity index (χ0v) is 36.3. The van der Waals surface area contributed by atoms with Gasteiger partial charge in [-0.25, -0.2) is 0 Å². The van der Waals surface area contributed by atoms with Crippen LogP contribution in [0.5, 0.6) is 11.5 Å². The van der Waals surface area contributed by atoms with Crippen LogP contribution in [0, 0.1) is 17.8 Å². The van der Waals surface area contributed by atoms with E-state index >= 15 is 0 Å². The van der Waals surface area contributed by atoms with Gasteiger partial charge in [0.2, 0.25) is 11.7 Å². The molecule has 3 N–H and O–H groups in total. The predicted molar refractivity (Wildman–Crippen MR) is 234 cm³/mol. The number of benzene rings is 1. The molecule has 1 aliphatic heterocycles. The number of fused-ring (bicyclic) bond motifs is 2. The summed E-state index contributed by atoms with van der Waals surface area (Å²) in [6.07, 6.45) is 21.7. The Bertz CT molecular complexity index is 1470. The third-order valence-corrected chi connectivity index (χ3v) is 12.2. The number of allylic oxidation sites excluding steroid dienone is 1. The van der Waals surface area contributed by atoms with Crippen molar-refractivity contribution in [2.75, 3.05) is 59.4 Å². The fourth-order valence-corrected chi connectivity index (χ4v) is 9.55. The summed E-state index contributed by atoms with van der Waals surface area (Å²) in [7, 11) is 0. The van der Waals surface area contributed by atoms with E-state index in [0.717, 1.165) is 61.8 Å². The topological polar surface area (TPSA) is 140 Å². The SMILES string of the molecule is C=CCOc1ccc2c(c1)[C@H]1[C@H](CCCCO)[C@@H](CCCCO)C=C3C(=NOCC)C[C@H](N(CCOCCO)C(=O)CCCCCCCCCCC)[C@@](OCC=C)(O2)[C@H]31. The van der Waals surface area contributed by atoms with Crippen LogP contribution >= 0.6 is 0 Å². The van der Waals surface area contributed by atoms with E-state index in [-0.39, 0.29) is 69.8 Å². The lowest BCUT2D eigenvalue weighted by Crippen LogP contribution is -2.70. The number of amides is 1. The summed E-state index contributed by atoms with van der Waals surface area (Å²) in [5.41, 5.74) is 2.78. The highest BCUT2D eigenvalue weighted by atomic mass is 16.7. The average Bonchev–Trinajstić information content (AvgIpc) is 3.25. The van der Waals surface area contributed by atoms with Crippen LogP contribution in [0.4, 0.5) is 0 Å². The van der Waals surface area contributed by atoms with Crippen molar-refractivity contribution in [1.29, 1.82) is 0 Å². The number of ether oxygens (including phenoxy) is 4. The number of rotatable bonds is 32. The molecule has 1 amide bonds. The van der Waals surface area contributed by atoms with Crippen LogP contribution in [0.25, 0.3) is 0 Å². The molecular weight excluding hydrogens is 749 g/mol. The van der Waals surface area contributed by atoms with E-state index in [1.165, 1.54) is 38.5 Å². The van der Waals surface area contributed by atoms with Gasteiger partial charge in [0.1, 0.15) is 30.8 Å². The van der Waals surface area contributed by atoms with Crippen LogP contribution in [0.15, 0.2) is 60.3 Å². The zero-order valence-electron chi connectivity index (χ0n) is 36.3. The largest absolute Gasteiger partial charge is 0.490 e. The molecule has 0 radical (unpaired) electrons. The number of aliphatic hydroxyl groups excluding tert-OH is 3. The monoisotopic (exact) mass is 825 g/mol. The number of oxime groups is 1. The molecule has 2 aliphatic carbocycles. The normalized spacial score (nSPS) is 23.8. The van der Waals surface area contributed by atoms with Gasteiger partial charge in [-0.15, -0.1) is 6.58 Å². The van der Waals surface area contributed by atoms with Crippen molar-refractivity contribution in [2.24, 2.45) is 22.9 Å². The van der Waals surface area contributed by atoms with Crippen LogP contribution in [0.1, 0.15) is 134 Å². The van der Waals surface area contributed by atoms with E-state index in [2.05, 4.69) is 32.2 Å². The number of hydrogen-bond donors (Lipinski definition) is 3. The number of nitrogens with zero attached hydrogens (tertiary/aromatic N) is 2. The van der Waals surface area contributed by atoms with Crippen LogP contribution in [0.3, 0.4) is 0 Å². The Kier molecular flexibility index (Phi) is 22.1. The number of hydrogen-bond acceptors (Lipinski definition) is 10. The highest BCUT2D eigenvalue weighted by Crippen LogP contribution is 2.62. The molecule has 1 aromatic carbocycles. The van der Waals surface area contributed by atoms with Gasteiger partial charge in [0, 0.05) is 44.1 Å². The van der Waals surface area contributed by atoms with Crippen molar-refractivity contribution in [3.05, 3.63) is 60.7 Å². The summed E-state index contributed by atoms with van der Waals surface area (Å²) in [5.74, 6) is -0.207. The first kappa shape index (κ1) is 48.4. The molecule has 11 heteroatoms. The molecule has 0 aromatic heterocycles. The van der Waals surface area contributed by atoms with Crippen molar-refractivity contribution in [3.63, 3.8) is 0 Å². The minimum Gasteiger partial charge on any atom is -0.490 e. The fraction of sp³-hybridized carbons (Fsp3) is 0.708. The maximum absolute atomic E-state index is 14.7. The lowest BCUT2D eigenvalue weighted by molar-refractivity contribution is -0.258. The molecule has 1 fully saturated rings. The van der Waals surface area contributed by atoms with Crippen molar-refractivity contribution >= 4 is 11.6 Å². The first-order valence-corrected chi connectivity index (χ1v) is 22.9. The molecule has 4 rings (SSSR count). The molecule has 1 heterocycles. The summed E-state index contributed by atoms with van der Waals surface area (Å²) in [6, 6.07) is 5.36. The number of aliphatic hydroxyl groups is 3. The van der Waals surface area contributed by atoms with Gasteiger partial charge in [-0.1, -0.05) is 101 Å². The standard InChI is InChI=1S/C48H76N2O9/c1-5-9-10-11-12-13-14-15-16-23-45(54)50(26-32-55-33-29-53)44-36-42(49-58-8-4)40-34-37(21-17-19-27-51)39(22-18-20-28-52)46-41-35-38(56-30-6-2)24-25-43(41)59-48(44,47(40)46)57-31-7-3/h6-7,24-25,34-35,37,39,44,46-47,51-53H,2-3,5,8-23,26-33,36H2,1,4H3/t37-,39+,44-,46+,47+,48+/m0/s1. The number of carbonyl (C=O) groups is 1. The molecule has 0 spiro atoms. The zero-order chi connectivity index (χ0) is 42.3. The Morgan fingerprint density at radius 1 is 0.898 bits per heavy atom. The fourth-order valence-electron chi connectivity index (χ4n) is 9.55. The molecule has 1 saturated carbocycles. The highest BCUT2D eigenvalue weighted by molar-refractivity contribution is 6.03. The summed E-state index contributed by atoms with van der Waals surface area (Å²) >= 11 is 0. The van der Waals surface area contributed by atoms with Gasteiger partial charge >= 0.3 is 0 Å². The van der Waals surface area contributed by atoms with Crippen molar-refractivity contribution in [2.45, 2.75) is 141 Å². The molecule has 3 aliphatic rings. The third-order valence-electron chi connectivity index (χ3n) is 12.2. The molecule has 0 bridgehead atoms. The first-order valence-electron chi connectivity index (χ1n) is 22.9. The maximum atomic E-state index is 14.7. The van der Waals surface area contributed by atoms with Gasteiger partial charge in [-0.3, -0.25) is 4.79 Å². The molecular formula is C48H76N2O9. The van der Waals surface area contributed by atoms with Gasteiger partial charge in [0.25, 0.3) is 0 Å². The molecule has 6 atom stereocenters. The van der Waals surface area contributed by atoms with E-state index in [1.807, 2.05) is 24.0 Å². The molecule has 11 nitrogen and oxygen atoms in total. The second kappa shape index (κ2) is 26.9. The Morgan fingerprint density at radius 3 is 2.29 bits per heavy atom. The third kappa shape index (κ3) is 13.4. The van der Waals surface area contributed by atoms with E-state index in [1.54, 1.807) is 12.2 Å². The van der Waals surface area contributed by atoms with Crippen molar-refractivity contribution in [1.82, 2.24) is 4.90 Å². The summed E-state index contributed by atoms with van der Waals surface area (Å²) in [5, 5.41) is 34.1. The van der Waals surface area contributed by atoms with Crippen LogP contribution < -0.4 is 9.47 Å². The van der Waals surface area contributed by atoms with Gasteiger partial charge in [0.15, 0.2) is 0 Å².